The first-order valence-corrected chi connectivity index (χ1v) is 11.0. The Hall–Kier alpha value is -2.77. The normalized spacial score (nSPS) is 15.7. The Morgan fingerprint density at radius 2 is 1.97 bits per heavy atom. The molecule has 5 nitrogen and oxygen atoms in total. The first-order chi connectivity index (χ1) is 15.1. The van der Waals surface area contributed by atoms with Crippen molar-refractivity contribution in [2.45, 2.75) is 13.0 Å². The maximum absolute atomic E-state index is 13.7. The zero-order valence-corrected chi connectivity index (χ0v) is 18.4. The summed E-state index contributed by atoms with van der Waals surface area (Å²) in [5.74, 6) is -0.328. The van der Waals surface area contributed by atoms with Crippen molar-refractivity contribution in [3.8, 4) is 0 Å². The number of ether oxygens (including phenoxy) is 1. The van der Waals surface area contributed by atoms with E-state index in [2.05, 4.69) is 38.0 Å². The number of fused-ring (bicyclic) bond motifs is 1. The first kappa shape index (κ1) is 20.2. The second-order valence-corrected chi connectivity index (χ2v) is 8.68. The van der Waals surface area contributed by atoms with Gasteiger partial charge in [-0.15, -0.1) is 0 Å². The smallest absolute Gasteiger partial charge is 0.251 e. The first-order valence-electron chi connectivity index (χ1n) is 10.2. The molecular weight excluding hydrogens is 461 g/mol. The molecule has 2 aliphatic rings. The zero-order chi connectivity index (χ0) is 21.4. The fourth-order valence-electron chi connectivity index (χ4n) is 4.16. The number of rotatable bonds is 4. The van der Waals surface area contributed by atoms with Gasteiger partial charge in [0.1, 0.15) is 5.82 Å². The Bertz CT molecular complexity index is 1210. The van der Waals surface area contributed by atoms with Gasteiger partial charge in [0.15, 0.2) is 0 Å². The molecule has 0 spiro atoms. The number of halogens is 2. The fraction of sp³-hybridized carbons (Fsp3) is 0.250. The minimum absolute atomic E-state index is 0.121. The topological polar surface area (TPSA) is 47.4 Å². The molecule has 0 saturated carbocycles. The third-order valence-corrected chi connectivity index (χ3v) is 6.16. The maximum Gasteiger partial charge on any atom is 0.251 e. The number of morpholine rings is 1. The van der Waals surface area contributed by atoms with E-state index in [1.807, 2.05) is 18.3 Å². The minimum Gasteiger partial charge on any atom is -0.378 e. The lowest BCUT2D eigenvalue weighted by Crippen LogP contribution is -2.36. The number of hydrogen-bond acceptors (Lipinski definition) is 4. The lowest BCUT2D eigenvalue weighted by molar-refractivity contribution is 0.122. The summed E-state index contributed by atoms with van der Waals surface area (Å²) in [5.41, 5.74) is 5.71. The molecule has 1 saturated heterocycles. The van der Waals surface area contributed by atoms with Crippen LogP contribution in [0.5, 0.6) is 0 Å². The van der Waals surface area contributed by atoms with Crippen LogP contribution >= 0.6 is 15.9 Å². The lowest BCUT2D eigenvalue weighted by atomic mass is 10.0. The minimum atomic E-state index is -0.328. The Balaban J connectivity index is 1.42. The van der Waals surface area contributed by atoms with Gasteiger partial charge in [-0.25, -0.2) is 4.39 Å². The van der Waals surface area contributed by atoms with E-state index >= 15 is 0 Å². The van der Waals surface area contributed by atoms with Gasteiger partial charge in [0.05, 0.1) is 37.3 Å². The zero-order valence-electron chi connectivity index (χ0n) is 16.9. The van der Waals surface area contributed by atoms with E-state index < -0.39 is 0 Å². The van der Waals surface area contributed by atoms with Crippen molar-refractivity contribution < 1.29 is 9.13 Å². The molecule has 0 amide bonds. The molecule has 0 bridgehead atoms. The van der Waals surface area contributed by atoms with Gasteiger partial charge in [0, 0.05) is 41.8 Å². The lowest BCUT2D eigenvalue weighted by Gasteiger charge is -2.29. The number of anilines is 1. The summed E-state index contributed by atoms with van der Waals surface area (Å²) in [6.07, 6.45) is 6.59. The summed E-state index contributed by atoms with van der Waals surface area (Å²) < 4.78 is 21.4. The molecule has 158 valence electrons. The number of hydrogen-bond donors (Lipinski definition) is 0. The summed E-state index contributed by atoms with van der Waals surface area (Å²) in [7, 11) is 0. The fourth-order valence-corrected chi connectivity index (χ4v) is 4.67. The molecule has 1 aliphatic carbocycles. The average molecular weight is 482 g/mol. The number of allylic oxidation sites excluding steroid dienone is 1. The van der Waals surface area contributed by atoms with Crippen molar-refractivity contribution in [2.24, 2.45) is 0 Å². The van der Waals surface area contributed by atoms with Crippen LogP contribution in [0, 0.1) is 5.82 Å². The van der Waals surface area contributed by atoms with E-state index in [0.29, 0.717) is 11.0 Å². The van der Waals surface area contributed by atoms with Crippen molar-refractivity contribution in [1.82, 2.24) is 9.55 Å². The number of nitrogens with zero attached hydrogens (tertiary/aromatic N) is 3. The summed E-state index contributed by atoms with van der Waals surface area (Å²) in [6, 6.07) is 10.4. The highest BCUT2D eigenvalue weighted by atomic mass is 79.9. The highest BCUT2D eigenvalue weighted by Crippen LogP contribution is 2.33. The third-order valence-electron chi connectivity index (χ3n) is 5.70. The molecular formula is C24H21BrFN3O2. The molecule has 0 unspecified atom stereocenters. The predicted octanol–water partition coefficient (Wildman–Crippen LogP) is 4.02. The van der Waals surface area contributed by atoms with Gasteiger partial charge in [-0.2, -0.15) is 0 Å². The summed E-state index contributed by atoms with van der Waals surface area (Å²) in [5, 5.41) is 0. The summed E-state index contributed by atoms with van der Waals surface area (Å²) in [4.78, 5) is 19.7. The van der Waals surface area contributed by atoms with Crippen LogP contribution < -0.4 is 10.5 Å². The largest absolute Gasteiger partial charge is 0.378 e. The van der Waals surface area contributed by atoms with Gasteiger partial charge in [-0.05, 0) is 47.0 Å². The van der Waals surface area contributed by atoms with Gasteiger partial charge in [0.2, 0.25) is 0 Å². The van der Waals surface area contributed by atoms with Crippen molar-refractivity contribution in [3.05, 3.63) is 97.9 Å². The standard InChI is InChI=1S/C24H21BrFN3O2/c25-18-9-16(10-19(26)12-18)15-29-4-3-17(11-24(29)30)21-1-2-23-22(21)13-20(14-27-23)28-5-7-31-8-6-28/h1,3-4,9-14H,2,5-8,15H2. The van der Waals surface area contributed by atoms with E-state index in [1.54, 1.807) is 16.8 Å². The van der Waals surface area contributed by atoms with E-state index in [9.17, 15) is 9.18 Å². The van der Waals surface area contributed by atoms with Gasteiger partial charge in [-0.3, -0.25) is 9.78 Å². The number of pyridine rings is 2. The van der Waals surface area contributed by atoms with E-state index in [0.717, 1.165) is 66.4 Å². The Morgan fingerprint density at radius 3 is 2.74 bits per heavy atom. The van der Waals surface area contributed by atoms with Crippen molar-refractivity contribution in [1.29, 1.82) is 0 Å². The molecule has 7 heteroatoms. The second kappa shape index (κ2) is 8.40. The molecule has 1 fully saturated rings. The van der Waals surface area contributed by atoms with Crippen LogP contribution in [0.3, 0.4) is 0 Å². The van der Waals surface area contributed by atoms with E-state index in [4.69, 9.17) is 4.74 Å². The van der Waals surface area contributed by atoms with Crippen LogP contribution in [0.2, 0.25) is 0 Å². The van der Waals surface area contributed by atoms with Crippen LogP contribution in [0.15, 0.2) is 64.1 Å². The molecule has 1 aliphatic heterocycles. The molecule has 0 radical (unpaired) electrons. The molecule has 0 N–H and O–H groups in total. The molecule has 5 rings (SSSR count). The summed E-state index contributed by atoms with van der Waals surface area (Å²) >= 11 is 3.30. The molecule has 1 aromatic carbocycles. The van der Waals surface area contributed by atoms with Gasteiger partial charge >= 0.3 is 0 Å². The van der Waals surface area contributed by atoms with Crippen molar-refractivity contribution in [3.63, 3.8) is 0 Å². The highest BCUT2D eigenvalue weighted by molar-refractivity contribution is 9.10. The van der Waals surface area contributed by atoms with Crippen LogP contribution in [0.4, 0.5) is 10.1 Å². The monoisotopic (exact) mass is 481 g/mol. The van der Waals surface area contributed by atoms with E-state index in [1.165, 1.54) is 12.1 Å². The van der Waals surface area contributed by atoms with Crippen LogP contribution in [0.25, 0.3) is 5.57 Å². The van der Waals surface area contributed by atoms with Crippen molar-refractivity contribution in [2.75, 3.05) is 31.2 Å². The van der Waals surface area contributed by atoms with Crippen molar-refractivity contribution >= 4 is 27.2 Å². The van der Waals surface area contributed by atoms with Crippen LogP contribution in [0.1, 0.15) is 22.4 Å². The predicted molar refractivity (Wildman–Crippen MR) is 122 cm³/mol. The quantitative estimate of drug-likeness (QED) is 0.564. The molecule has 3 heterocycles. The highest BCUT2D eigenvalue weighted by Gasteiger charge is 2.20. The van der Waals surface area contributed by atoms with Crippen LogP contribution in [-0.4, -0.2) is 35.9 Å². The molecule has 31 heavy (non-hydrogen) atoms. The van der Waals surface area contributed by atoms with Crippen LogP contribution in [-0.2, 0) is 17.7 Å². The number of benzene rings is 1. The Morgan fingerprint density at radius 1 is 1.13 bits per heavy atom. The van der Waals surface area contributed by atoms with Gasteiger partial charge in [-0.1, -0.05) is 22.0 Å². The summed E-state index contributed by atoms with van der Waals surface area (Å²) in [6.45, 7) is 3.46. The molecule has 2 aromatic heterocycles. The van der Waals surface area contributed by atoms with E-state index in [-0.39, 0.29) is 11.4 Å². The maximum atomic E-state index is 13.7. The number of aromatic nitrogens is 2. The molecule has 0 atom stereocenters. The van der Waals surface area contributed by atoms with Gasteiger partial charge < -0.3 is 14.2 Å². The molecule has 3 aromatic rings. The second-order valence-electron chi connectivity index (χ2n) is 7.77. The average Bonchev–Trinajstić information content (AvgIpc) is 3.18. The SMILES string of the molecule is O=c1cc(C2=CCc3ncc(N4CCOCC4)cc32)ccn1Cc1cc(F)cc(Br)c1. The Labute approximate surface area is 187 Å². The van der Waals surface area contributed by atoms with Gasteiger partial charge in [0.25, 0.3) is 5.56 Å². The Kier molecular flexibility index (Phi) is 5.46. The third kappa shape index (κ3) is 4.20.